The molecule has 0 fully saturated rings. The molecule has 22 heavy (non-hydrogen) atoms. The van der Waals surface area contributed by atoms with E-state index in [0.29, 0.717) is 24.5 Å². The van der Waals surface area contributed by atoms with Crippen LogP contribution in [0.25, 0.3) is 0 Å². The van der Waals surface area contributed by atoms with Crippen molar-refractivity contribution in [3.63, 3.8) is 0 Å². The van der Waals surface area contributed by atoms with Crippen LogP contribution < -0.4 is 14.4 Å². The van der Waals surface area contributed by atoms with Crippen LogP contribution >= 0.6 is 15.9 Å². The number of fused-ring (bicyclic) bond motifs is 1. The van der Waals surface area contributed by atoms with Gasteiger partial charge < -0.3 is 14.4 Å². The lowest BCUT2D eigenvalue weighted by atomic mass is 10.1. The van der Waals surface area contributed by atoms with E-state index in [-0.39, 0.29) is 12.6 Å². The highest BCUT2D eigenvalue weighted by Crippen LogP contribution is 2.37. The molecule has 0 unspecified atom stereocenters. The number of halogens is 2. The maximum absolute atomic E-state index is 14.1. The Balaban J connectivity index is 1.92. The first-order valence-corrected chi connectivity index (χ1v) is 7.66. The van der Waals surface area contributed by atoms with Crippen LogP contribution in [-0.2, 0) is 6.54 Å². The van der Waals surface area contributed by atoms with Crippen molar-refractivity contribution in [2.75, 3.05) is 18.2 Å². The third kappa shape index (κ3) is 2.95. The zero-order chi connectivity index (χ0) is 15.5. The molecule has 0 atom stereocenters. The number of nitrogens with zero attached hydrogens (tertiary/aromatic N) is 1. The zero-order valence-corrected chi connectivity index (χ0v) is 13.5. The van der Waals surface area contributed by atoms with Gasteiger partial charge in [0.05, 0.1) is 5.69 Å². The third-order valence-electron chi connectivity index (χ3n) is 3.45. The van der Waals surface area contributed by atoms with Gasteiger partial charge in [-0.3, -0.25) is 0 Å². The van der Waals surface area contributed by atoms with Crippen LogP contribution in [0.15, 0.2) is 53.5 Å². The lowest BCUT2D eigenvalue weighted by molar-refractivity contribution is 0.174. The summed E-state index contributed by atoms with van der Waals surface area (Å²) in [6.45, 7) is 5.06. The monoisotopic (exact) mass is 363 g/mol. The lowest BCUT2D eigenvalue weighted by Crippen LogP contribution is -2.23. The fourth-order valence-corrected chi connectivity index (χ4v) is 2.85. The minimum absolute atomic E-state index is 0.231. The van der Waals surface area contributed by atoms with Crippen molar-refractivity contribution in [2.24, 2.45) is 0 Å². The van der Waals surface area contributed by atoms with Crippen molar-refractivity contribution in [2.45, 2.75) is 6.54 Å². The van der Waals surface area contributed by atoms with Gasteiger partial charge in [-0.25, -0.2) is 4.39 Å². The number of benzene rings is 2. The molecule has 0 bridgehead atoms. The summed E-state index contributed by atoms with van der Waals surface area (Å²) in [4.78, 5) is 1.92. The Morgan fingerprint density at radius 3 is 2.68 bits per heavy atom. The minimum atomic E-state index is -0.249. The van der Waals surface area contributed by atoms with Crippen LogP contribution in [0, 0.1) is 5.82 Å². The van der Waals surface area contributed by atoms with Crippen molar-refractivity contribution < 1.29 is 13.9 Å². The average molecular weight is 364 g/mol. The smallest absolute Gasteiger partial charge is 0.231 e. The molecule has 0 radical (unpaired) electrons. The highest BCUT2D eigenvalue weighted by Gasteiger charge is 2.18. The van der Waals surface area contributed by atoms with E-state index in [0.717, 1.165) is 15.8 Å². The fourth-order valence-electron chi connectivity index (χ4n) is 2.40. The second-order valence-electron chi connectivity index (χ2n) is 4.92. The maximum atomic E-state index is 14.1. The molecule has 3 rings (SSSR count). The van der Waals surface area contributed by atoms with Crippen LogP contribution in [0.5, 0.6) is 11.5 Å². The van der Waals surface area contributed by atoms with Crippen molar-refractivity contribution in [1.82, 2.24) is 0 Å². The summed E-state index contributed by atoms with van der Waals surface area (Å²) in [6, 6.07) is 10.5. The number of rotatable bonds is 5. The van der Waals surface area contributed by atoms with E-state index >= 15 is 0 Å². The van der Waals surface area contributed by atoms with E-state index in [9.17, 15) is 4.39 Å². The topological polar surface area (TPSA) is 21.7 Å². The summed E-state index contributed by atoms with van der Waals surface area (Å²) in [7, 11) is 0. The van der Waals surface area contributed by atoms with Gasteiger partial charge >= 0.3 is 0 Å². The first-order valence-electron chi connectivity index (χ1n) is 6.87. The van der Waals surface area contributed by atoms with Crippen LogP contribution in [-0.4, -0.2) is 13.3 Å². The zero-order valence-electron chi connectivity index (χ0n) is 11.9. The Bertz CT molecular complexity index is 705. The fraction of sp³-hybridized carbons (Fsp3) is 0.176. The van der Waals surface area contributed by atoms with E-state index in [4.69, 9.17) is 9.47 Å². The first kappa shape index (κ1) is 14.9. The van der Waals surface area contributed by atoms with E-state index in [1.165, 1.54) is 6.07 Å². The van der Waals surface area contributed by atoms with Crippen LogP contribution in [0.3, 0.4) is 0 Å². The molecule has 0 amide bonds. The predicted molar refractivity (Wildman–Crippen MR) is 87.9 cm³/mol. The Morgan fingerprint density at radius 1 is 1.23 bits per heavy atom. The van der Waals surface area contributed by atoms with Gasteiger partial charge in [0.1, 0.15) is 5.82 Å². The van der Waals surface area contributed by atoms with E-state index in [1.54, 1.807) is 18.2 Å². The van der Waals surface area contributed by atoms with Crippen molar-refractivity contribution >= 4 is 21.6 Å². The molecule has 2 aromatic carbocycles. The van der Waals surface area contributed by atoms with E-state index < -0.39 is 0 Å². The summed E-state index contributed by atoms with van der Waals surface area (Å²) < 4.78 is 25.7. The molecule has 2 aromatic rings. The average Bonchev–Trinajstić information content (AvgIpc) is 2.94. The van der Waals surface area contributed by atoms with Crippen LogP contribution in [0.4, 0.5) is 10.1 Å². The summed E-state index contributed by atoms with van der Waals surface area (Å²) in [5.74, 6) is 1.18. The second kappa shape index (κ2) is 6.40. The van der Waals surface area contributed by atoms with Gasteiger partial charge in [0.15, 0.2) is 11.5 Å². The van der Waals surface area contributed by atoms with Gasteiger partial charge in [-0.15, -0.1) is 6.58 Å². The van der Waals surface area contributed by atoms with Gasteiger partial charge in [0.25, 0.3) is 0 Å². The summed E-state index contributed by atoms with van der Waals surface area (Å²) in [5, 5.41) is 0. The number of hydrogen-bond acceptors (Lipinski definition) is 3. The number of anilines is 1. The summed E-state index contributed by atoms with van der Waals surface area (Å²) >= 11 is 3.54. The van der Waals surface area contributed by atoms with Crippen LogP contribution in [0.2, 0.25) is 0 Å². The predicted octanol–water partition coefficient (Wildman–Crippen LogP) is 4.51. The first-order chi connectivity index (χ1) is 10.7. The molecule has 1 heterocycles. The molecule has 0 aliphatic carbocycles. The number of hydrogen-bond donors (Lipinski definition) is 0. The molecule has 114 valence electrons. The largest absolute Gasteiger partial charge is 0.454 e. The summed E-state index contributed by atoms with van der Waals surface area (Å²) in [5.41, 5.74) is 1.54. The molecule has 0 saturated carbocycles. The second-order valence-corrected chi connectivity index (χ2v) is 5.77. The molecule has 5 heteroatoms. The Labute approximate surface area is 137 Å². The van der Waals surface area contributed by atoms with Crippen LogP contribution in [0.1, 0.15) is 5.56 Å². The Kier molecular flexibility index (Phi) is 4.34. The normalized spacial score (nSPS) is 12.3. The maximum Gasteiger partial charge on any atom is 0.231 e. The third-order valence-corrected chi connectivity index (χ3v) is 4.18. The van der Waals surface area contributed by atoms with E-state index in [2.05, 4.69) is 22.5 Å². The standard InChI is InChI=1S/C17H15BrFNO2/c1-2-7-20(15-6-4-3-5-14(15)19)10-12-8-16-17(9-13(12)18)22-11-21-16/h2-6,8-9H,1,7,10-11H2. The van der Waals surface area contributed by atoms with Crippen molar-refractivity contribution in [1.29, 1.82) is 0 Å². The molecule has 1 aliphatic heterocycles. The number of ether oxygens (including phenoxy) is 2. The van der Waals surface area contributed by atoms with Gasteiger partial charge in [-0.2, -0.15) is 0 Å². The quantitative estimate of drug-likeness (QED) is 0.729. The molecule has 0 spiro atoms. The van der Waals surface area contributed by atoms with Gasteiger partial charge in [0.2, 0.25) is 6.79 Å². The molecule has 0 aromatic heterocycles. The Hall–Kier alpha value is -2.01. The molecular weight excluding hydrogens is 349 g/mol. The van der Waals surface area contributed by atoms with E-state index in [1.807, 2.05) is 23.1 Å². The molecular formula is C17H15BrFNO2. The summed E-state index contributed by atoms with van der Waals surface area (Å²) in [6.07, 6.45) is 1.76. The highest BCUT2D eigenvalue weighted by atomic mass is 79.9. The molecule has 3 nitrogen and oxygen atoms in total. The number of para-hydroxylation sites is 1. The molecule has 0 saturated heterocycles. The van der Waals surface area contributed by atoms with Gasteiger partial charge in [-0.1, -0.05) is 34.1 Å². The van der Waals surface area contributed by atoms with Gasteiger partial charge in [-0.05, 0) is 29.8 Å². The Morgan fingerprint density at radius 2 is 1.95 bits per heavy atom. The van der Waals surface area contributed by atoms with Crippen molar-refractivity contribution in [3.8, 4) is 11.5 Å². The molecule has 1 aliphatic rings. The van der Waals surface area contributed by atoms with Gasteiger partial charge in [0, 0.05) is 17.6 Å². The SMILES string of the molecule is C=CCN(Cc1cc2c(cc1Br)OCO2)c1ccccc1F. The minimum Gasteiger partial charge on any atom is -0.454 e. The molecule has 0 N–H and O–H groups in total. The lowest BCUT2D eigenvalue weighted by Gasteiger charge is -2.24. The highest BCUT2D eigenvalue weighted by molar-refractivity contribution is 9.10. The van der Waals surface area contributed by atoms with Crippen molar-refractivity contribution in [3.05, 3.63) is 64.9 Å².